The second-order valence-corrected chi connectivity index (χ2v) is 7.74. The molecule has 0 radical (unpaired) electrons. The number of amides is 2. The van der Waals surface area contributed by atoms with Gasteiger partial charge in [-0.05, 0) is 44.4 Å². The smallest absolute Gasteiger partial charge is 0.223 e. The van der Waals surface area contributed by atoms with E-state index in [0.29, 0.717) is 18.3 Å². The van der Waals surface area contributed by atoms with E-state index in [-0.39, 0.29) is 36.2 Å². The fourth-order valence-corrected chi connectivity index (χ4v) is 4.15. The van der Waals surface area contributed by atoms with Crippen molar-refractivity contribution in [2.45, 2.75) is 63.8 Å². The Hall–Kier alpha value is -0.810. The van der Waals surface area contributed by atoms with Crippen molar-refractivity contribution in [3.05, 3.63) is 0 Å². The number of rotatable bonds is 6. The van der Waals surface area contributed by atoms with Crippen LogP contribution in [0.3, 0.4) is 0 Å². The number of nitrogens with one attached hydrogen (secondary N) is 3. The van der Waals surface area contributed by atoms with E-state index >= 15 is 0 Å². The molecule has 0 spiro atoms. The van der Waals surface area contributed by atoms with Crippen molar-refractivity contribution in [1.29, 1.82) is 0 Å². The van der Waals surface area contributed by atoms with E-state index < -0.39 is 0 Å². The highest BCUT2D eigenvalue weighted by Gasteiger charge is 2.28. The van der Waals surface area contributed by atoms with Crippen molar-refractivity contribution < 1.29 is 9.59 Å². The summed E-state index contributed by atoms with van der Waals surface area (Å²) in [5.41, 5.74) is 0. The molecule has 0 bridgehead atoms. The Labute approximate surface area is 151 Å². The van der Waals surface area contributed by atoms with Crippen LogP contribution in [0.4, 0.5) is 0 Å². The van der Waals surface area contributed by atoms with E-state index in [1.54, 1.807) is 0 Å². The van der Waals surface area contributed by atoms with Gasteiger partial charge in [-0.15, -0.1) is 12.4 Å². The van der Waals surface area contributed by atoms with E-state index in [0.717, 1.165) is 45.3 Å². The number of halogens is 1. The van der Waals surface area contributed by atoms with Crippen molar-refractivity contribution in [1.82, 2.24) is 16.0 Å². The lowest BCUT2D eigenvalue weighted by Gasteiger charge is -2.31. The van der Waals surface area contributed by atoms with Gasteiger partial charge in [-0.3, -0.25) is 9.59 Å². The van der Waals surface area contributed by atoms with Crippen LogP contribution in [0.15, 0.2) is 0 Å². The van der Waals surface area contributed by atoms with Gasteiger partial charge >= 0.3 is 0 Å². The summed E-state index contributed by atoms with van der Waals surface area (Å²) in [4.78, 5) is 24.3. The van der Waals surface area contributed by atoms with Crippen LogP contribution in [-0.4, -0.2) is 37.5 Å². The van der Waals surface area contributed by atoms with Gasteiger partial charge in [-0.2, -0.15) is 0 Å². The molecule has 2 aliphatic carbocycles. The maximum atomic E-state index is 12.2. The van der Waals surface area contributed by atoms with Gasteiger partial charge in [0.1, 0.15) is 0 Å². The summed E-state index contributed by atoms with van der Waals surface area (Å²) in [7, 11) is 0. The van der Waals surface area contributed by atoms with Crippen LogP contribution in [0.2, 0.25) is 0 Å². The lowest BCUT2D eigenvalue weighted by atomic mass is 9.85. The van der Waals surface area contributed by atoms with Gasteiger partial charge in [-0.25, -0.2) is 0 Å². The van der Waals surface area contributed by atoms with Crippen molar-refractivity contribution in [3.8, 4) is 0 Å². The quantitative estimate of drug-likeness (QED) is 0.681. The first-order valence-corrected chi connectivity index (χ1v) is 9.48. The molecule has 0 aromatic heterocycles. The maximum absolute atomic E-state index is 12.2. The van der Waals surface area contributed by atoms with E-state index in [9.17, 15) is 9.59 Å². The maximum Gasteiger partial charge on any atom is 0.223 e. The van der Waals surface area contributed by atoms with Crippen molar-refractivity contribution in [2.75, 3.05) is 19.6 Å². The third-order valence-corrected chi connectivity index (χ3v) is 5.84. The highest BCUT2D eigenvalue weighted by Crippen LogP contribution is 2.28. The SMILES string of the molecule is Cl.O=C(CC1CCCC1)NC1CCC(C(=O)NCC2CNC2)CC1. The van der Waals surface area contributed by atoms with Crippen molar-refractivity contribution in [2.24, 2.45) is 17.8 Å². The van der Waals surface area contributed by atoms with E-state index in [1.807, 2.05) is 0 Å². The average molecular weight is 358 g/mol. The average Bonchev–Trinajstić information content (AvgIpc) is 2.99. The molecule has 3 N–H and O–H groups in total. The number of hydrogen-bond acceptors (Lipinski definition) is 3. The summed E-state index contributed by atoms with van der Waals surface area (Å²) < 4.78 is 0. The monoisotopic (exact) mass is 357 g/mol. The van der Waals surface area contributed by atoms with Crippen LogP contribution in [0.5, 0.6) is 0 Å². The number of hydrogen-bond donors (Lipinski definition) is 3. The summed E-state index contributed by atoms with van der Waals surface area (Å²) >= 11 is 0. The molecular formula is C18H32ClN3O2. The third kappa shape index (κ3) is 5.62. The van der Waals surface area contributed by atoms with Crippen molar-refractivity contribution >= 4 is 24.2 Å². The minimum absolute atomic E-state index is 0. The highest BCUT2D eigenvalue weighted by molar-refractivity contribution is 5.85. The molecule has 2 amide bonds. The Kier molecular flexibility index (Phi) is 7.82. The Balaban J connectivity index is 0.00000208. The van der Waals surface area contributed by atoms with Crippen LogP contribution >= 0.6 is 12.4 Å². The molecule has 1 heterocycles. The first kappa shape index (κ1) is 19.5. The molecule has 3 rings (SSSR count). The van der Waals surface area contributed by atoms with Gasteiger partial charge in [0.2, 0.25) is 11.8 Å². The molecule has 0 aromatic carbocycles. The van der Waals surface area contributed by atoms with Gasteiger partial charge in [0.05, 0.1) is 0 Å². The Morgan fingerprint density at radius 3 is 2.17 bits per heavy atom. The molecule has 2 saturated carbocycles. The topological polar surface area (TPSA) is 70.2 Å². The summed E-state index contributed by atoms with van der Waals surface area (Å²) in [5.74, 6) is 1.81. The Morgan fingerprint density at radius 2 is 1.58 bits per heavy atom. The molecule has 0 unspecified atom stereocenters. The van der Waals surface area contributed by atoms with Crippen molar-refractivity contribution in [3.63, 3.8) is 0 Å². The largest absolute Gasteiger partial charge is 0.355 e. The lowest BCUT2D eigenvalue weighted by molar-refractivity contribution is -0.126. The zero-order chi connectivity index (χ0) is 16.1. The third-order valence-electron chi connectivity index (χ3n) is 5.84. The van der Waals surface area contributed by atoms with Crippen LogP contribution in [0.1, 0.15) is 57.8 Å². The fourth-order valence-electron chi connectivity index (χ4n) is 4.15. The molecule has 0 atom stereocenters. The standard InChI is InChI=1S/C18H31N3O2.ClH/c22-17(9-13-3-1-2-4-13)21-16-7-5-15(6-8-16)18(23)20-12-14-10-19-11-14;/h13-16,19H,1-12H2,(H,20,23)(H,21,22);1H. The predicted octanol–water partition coefficient (Wildman–Crippen LogP) is 2.00. The number of carbonyl (C=O) groups excluding carboxylic acids is 2. The molecule has 138 valence electrons. The summed E-state index contributed by atoms with van der Waals surface area (Å²) in [6.07, 6.45) is 9.42. The zero-order valence-corrected chi connectivity index (χ0v) is 15.3. The summed E-state index contributed by atoms with van der Waals surface area (Å²) in [5, 5.41) is 9.51. The van der Waals surface area contributed by atoms with Crippen LogP contribution in [-0.2, 0) is 9.59 Å². The molecular weight excluding hydrogens is 326 g/mol. The lowest BCUT2D eigenvalue weighted by Crippen LogP contribution is -2.49. The molecule has 24 heavy (non-hydrogen) atoms. The zero-order valence-electron chi connectivity index (χ0n) is 14.5. The van der Waals surface area contributed by atoms with E-state index in [2.05, 4.69) is 16.0 Å². The van der Waals surface area contributed by atoms with Crippen LogP contribution < -0.4 is 16.0 Å². The van der Waals surface area contributed by atoms with Crippen LogP contribution in [0, 0.1) is 17.8 Å². The van der Waals surface area contributed by atoms with Gasteiger partial charge in [0.15, 0.2) is 0 Å². The predicted molar refractivity (Wildman–Crippen MR) is 97.1 cm³/mol. The summed E-state index contributed by atoms with van der Waals surface area (Å²) in [6, 6.07) is 0.281. The van der Waals surface area contributed by atoms with Gasteiger partial charge < -0.3 is 16.0 Å². The minimum atomic E-state index is 0. The minimum Gasteiger partial charge on any atom is -0.355 e. The first-order valence-electron chi connectivity index (χ1n) is 9.48. The molecule has 6 heteroatoms. The van der Waals surface area contributed by atoms with Gasteiger partial charge in [0, 0.05) is 43.9 Å². The van der Waals surface area contributed by atoms with E-state index in [4.69, 9.17) is 0 Å². The second-order valence-electron chi connectivity index (χ2n) is 7.74. The summed E-state index contributed by atoms with van der Waals surface area (Å²) in [6.45, 7) is 2.87. The molecule has 1 saturated heterocycles. The van der Waals surface area contributed by atoms with Gasteiger partial charge in [-0.1, -0.05) is 12.8 Å². The second kappa shape index (κ2) is 9.62. The number of carbonyl (C=O) groups is 2. The molecule has 0 aromatic rings. The molecule has 1 aliphatic heterocycles. The fraction of sp³-hybridized carbons (Fsp3) is 0.889. The first-order chi connectivity index (χ1) is 11.2. The molecule has 3 aliphatic rings. The Morgan fingerprint density at radius 1 is 0.917 bits per heavy atom. The normalized spacial score (nSPS) is 27.8. The van der Waals surface area contributed by atoms with Gasteiger partial charge in [0.25, 0.3) is 0 Å². The highest BCUT2D eigenvalue weighted by atomic mass is 35.5. The van der Waals surface area contributed by atoms with E-state index in [1.165, 1.54) is 25.7 Å². The molecule has 5 nitrogen and oxygen atoms in total. The Bertz CT molecular complexity index is 414. The molecule has 3 fully saturated rings. The van der Waals surface area contributed by atoms with Crippen LogP contribution in [0.25, 0.3) is 0 Å².